The minimum Gasteiger partial charge on any atom is -0.484 e. The molecular weight excluding hydrogens is 396 g/mol. The second-order valence-electron chi connectivity index (χ2n) is 6.40. The first-order valence-electron chi connectivity index (χ1n) is 9.48. The van der Waals surface area contributed by atoms with Crippen molar-refractivity contribution in [3.8, 4) is 5.75 Å². The standard InChI is InChI=1S/C21H23F2N3O2S/c1-3-25(4-2)12-13-26(19(27)14-28-16-10-8-15(22)9-11-16)21-24-20-17(23)6-5-7-18(20)29-21/h5-11H,3-4,12-14H2,1-2H3. The van der Waals surface area contributed by atoms with E-state index in [4.69, 9.17) is 4.74 Å². The number of benzene rings is 2. The number of para-hydroxylation sites is 1. The normalized spacial score (nSPS) is 11.2. The van der Waals surface area contributed by atoms with Gasteiger partial charge in [-0.25, -0.2) is 13.8 Å². The van der Waals surface area contributed by atoms with Crippen molar-refractivity contribution < 1.29 is 18.3 Å². The molecule has 3 aromatic rings. The lowest BCUT2D eigenvalue weighted by Crippen LogP contribution is -2.41. The van der Waals surface area contributed by atoms with Gasteiger partial charge in [0.2, 0.25) is 0 Å². The zero-order chi connectivity index (χ0) is 20.8. The van der Waals surface area contributed by atoms with Crippen LogP contribution in [0.25, 0.3) is 10.2 Å². The molecule has 0 spiro atoms. The number of aromatic nitrogens is 1. The number of fused-ring (bicyclic) bond motifs is 1. The molecule has 1 aromatic heterocycles. The molecule has 0 unspecified atom stereocenters. The van der Waals surface area contributed by atoms with Crippen molar-refractivity contribution in [3.63, 3.8) is 0 Å². The summed E-state index contributed by atoms with van der Waals surface area (Å²) in [5, 5.41) is 0.435. The van der Waals surface area contributed by atoms with E-state index >= 15 is 0 Å². The maximum atomic E-state index is 14.1. The number of hydrogen-bond acceptors (Lipinski definition) is 5. The zero-order valence-electron chi connectivity index (χ0n) is 16.4. The number of amides is 1. The van der Waals surface area contributed by atoms with Crippen LogP contribution in [0.2, 0.25) is 0 Å². The van der Waals surface area contributed by atoms with Crippen LogP contribution in [0.1, 0.15) is 13.8 Å². The average molecular weight is 419 g/mol. The van der Waals surface area contributed by atoms with Gasteiger partial charge in [0.15, 0.2) is 11.7 Å². The second kappa shape index (κ2) is 9.76. The topological polar surface area (TPSA) is 45.7 Å². The molecule has 0 fully saturated rings. The Kier molecular flexibility index (Phi) is 7.11. The highest BCUT2D eigenvalue weighted by Crippen LogP contribution is 2.30. The molecular formula is C21H23F2N3O2S. The fourth-order valence-electron chi connectivity index (χ4n) is 2.88. The molecule has 2 aromatic carbocycles. The highest BCUT2D eigenvalue weighted by atomic mass is 32.1. The predicted molar refractivity (Wildman–Crippen MR) is 112 cm³/mol. The Bertz CT molecular complexity index is 958. The number of likely N-dealkylation sites (N-methyl/N-ethyl adjacent to an activating group) is 1. The molecule has 1 amide bonds. The molecule has 5 nitrogen and oxygen atoms in total. The summed E-state index contributed by atoms with van der Waals surface area (Å²) < 4.78 is 33.3. The van der Waals surface area contributed by atoms with Crippen molar-refractivity contribution in [3.05, 3.63) is 54.1 Å². The third-order valence-electron chi connectivity index (χ3n) is 4.60. The monoisotopic (exact) mass is 419 g/mol. The van der Waals surface area contributed by atoms with Gasteiger partial charge in [0.1, 0.15) is 22.9 Å². The number of nitrogens with zero attached hydrogens (tertiary/aromatic N) is 3. The summed E-state index contributed by atoms with van der Waals surface area (Å²) >= 11 is 1.27. The van der Waals surface area contributed by atoms with Gasteiger partial charge in [-0.3, -0.25) is 9.69 Å². The first kappa shape index (κ1) is 21.1. The summed E-state index contributed by atoms with van der Waals surface area (Å²) in [6, 6.07) is 10.2. The van der Waals surface area contributed by atoms with Crippen molar-refractivity contribution >= 4 is 32.6 Å². The van der Waals surface area contributed by atoms with E-state index in [0.717, 1.165) is 13.1 Å². The smallest absolute Gasteiger partial charge is 0.266 e. The van der Waals surface area contributed by atoms with Crippen LogP contribution >= 0.6 is 11.3 Å². The Balaban J connectivity index is 1.79. The molecule has 0 saturated carbocycles. The van der Waals surface area contributed by atoms with Gasteiger partial charge in [0, 0.05) is 13.1 Å². The zero-order valence-corrected chi connectivity index (χ0v) is 17.2. The largest absolute Gasteiger partial charge is 0.484 e. The van der Waals surface area contributed by atoms with E-state index in [0.29, 0.717) is 28.7 Å². The van der Waals surface area contributed by atoms with Crippen LogP contribution in [0.15, 0.2) is 42.5 Å². The van der Waals surface area contributed by atoms with E-state index in [1.54, 1.807) is 12.1 Å². The molecule has 0 atom stereocenters. The van der Waals surface area contributed by atoms with E-state index in [1.807, 2.05) is 0 Å². The summed E-state index contributed by atoms with van der Waals surface area (Å²) in [6.07, 6.45) is 0. The van der Waals surface area contributed by atoms with Gasteiger partial charge >= 0.3 is 0 Å². The van der Waals surface area contributed by atoms with Crippen LogP contribution < -0.4 is 9.64 Å². The number of anilines is 1. The van der Waals surface area contributed by atoms with Crippen molar-refractivity contribution in [2.24, 2.45) is 0 Å². The highest BCUT2D eigenvalue weighted by molar-refractivity contribution is 7.22. The Labute approximate surface area is 172 Å². The lowest BCUT2D eigenvalue weighted by molar-refractivity contribution is -0.120. The van der Waals surface area contributed by atoms with E-state index < -0.39 is 5.82 Å². The second-order valence-corrected chi connectivity index (χ2v) is 7.41. The van der Waals surface area contributed by atoms with Crippen molar-refractivity contribution in [1.29, 1.82) is 0 Å². The number of carbonyl (C=O) groups excluding carboxylic acids is 1. The number of rotatable bonds is 9. The van der Waals surface area contributed by atoms with Gasteiger partial charge < -0.3 is 9.64 Å². The molecule has 0 aliphatic carbocycles. The van der Waals surface area contributed by atoms with E-state index in [9.17, 15) is 13.6 Å². The van der Waals surface area contributed by atoms with Crippen molar-refractivity contribution in [1.82, 2.24) is 9.88 Å². The molecule has 0 radical (unpaired) electrons. The first-order chi connectivity index (χ1) is 14.0. The van der Waals surface area contributed by atoms with Crippen LogP contribution in [0.5, 0.6) is 5.75 Å². The Morgan fingerprint density at radius 3 is 2.45 bits per heavy atom. The van der Waals surface area contributed by atoms with Gasteiger partial charge in [0.05, 0.1) is 4.70 Å². The summed E-state index contributed by atoms with van der Waals surface area (Å²) in [4.78, 5) is 21.0. The van der Waals surface area contributed by atoms with Gasteiger partial charge in [-0.2, -0.15) is 0 Å². The van der Waals surface area contributed by atoms with Crippen molar-refractivity contribution in [2.75, 3.05) is 37.7 Å². The first-order valence-corrected chi connectivity index (χ1v) is 10.3. The number of halogens is 2. The highest BCUT2D eigenvalue weighted by Gasteiger charge is 2.22. The van der Waals surface area contributed by atoms with Gasteiger partial charge in [0.25, 0.3) is 5.91 Å². The summed E-state index contributed by atoms with van der Waals surface area (Å²) in [7, 11) is 0. The van der Waals surface area contributed by atoms with Gasteiger partial charge in [-0.15, -0.1) is 0 Å². The third kappa shape index (κ3) is 5.27. The van der Waals surface area contributed by atoms with E-state index in [-0.39, 0.29) is 23.8 Å². The number of ether oxygens (including phenoxy) is 1. The molecule has 0 N–H and O–H groups in total. The Morgan fingerprint density at radius 1 is 1.07 bits per heavy atom. The van der Waals surface area contributed by atoms with E-state index in [1.165, 1.54) is 46.6 Å². The quantitative estimate of drug-likeness (QED) is 0.518. The van der Waals surface area contributed by atoms with Crippen LogP contribution in [-0.4, -0.2) is 48.6 Å². The van der Waals surface area contributed by atoms with Crippen LogP contribution in [0.4, 0.5) is 13.9 Å². The summed E-state index contributed by atoms with van der Waals surface area (Å²) in [5.74, 6) is -0.676. The SMILES string of the molecule is CCN(CC)CCN(C(=O)COc1ccc(F)cc1)c1nc2c(F)cccc2s1. The number of thiazole rings is 1. The molecule has 0 aliphatic rings. The molecule has 1 heterocycles. The van der Waals surface area contributed by atoms with Crippen LogP contribution in [0.3, 0.4) is 0 Å². The fraction of sp³-hybridized carbons (Fsp3) is 0.333. The molecule has 0 bridgehead atoms. The third-order valence-corrected chi connectivity index (χ3v) is 5.64. The fourth-order valence-corrected chi connectivity index (χ4v) is 3.90. The Hall–Kier alpha value is -2.58. The molecule has 154 valence electrons. The lowest BCUT2D eigenvalue weighted by Gasteiger charge is -2.24. The minimum absolute atomic E-state index is 0.220. The summed E-state index contributed by atoms with van der Waals surface area (Å²) in [6.45, 7) is 6.68. The predicted octanol–water partition coefficient (Wildman–Crippen LogP) is 4.33. The number of hydrogen-bond donors (Lipinski definition) is 0. The summed E-state index contributed by atoms with van der Waals surface area (Å²) in [5.41, 5.74) is 0.257. The molecule has 0 saturated heterocycles. The van der Waals surface area contributed by atoms with Gasteiger partial charge in [-0.05, 0) is 49.5 Å². The molecule has 8 heteroatoms. The van der Waals surface area contributed by atoms with Crippen LogP contribution in [-0.2, 0) is 4.79 Å². The minimum atomic E-state index is -0.413. The van der Waals surface area contributed by atoms with Crippen molar-refractivity contribution in [2.45, 2.75) is 13.8 Å². The molecule has 0 aliphatic heterocycles. The molecule has 29 heavy (non-hydrogen) atoms. The van der Waals surface area contributed by atoms with Crippen LogP contribution in [0, 0.1) is 11.6 Å². The lowest BCUT2D eigenvalue weighted by atomic mass is 10.3. The average Bonchev–Trinajstić information content (AvgIpc) is 3.16. The maximum Gasteiger partial charge on any atom is 0.266 e. The molecule has 3 rings (SSSR count). The number of carbonyl (C=O) groups is 1. The van der Waals surface area contributed by atoms with E-state index in [2.05, 4.69) is 23.7 Å². The Morgan fingerprint density at radius 2 is 1.79 bits per heavy atom. The maximum absolute atomic E-state index is 14.1. The van der Waals surface area contributed by atoms with Gasteiger partial charge in [-0.1, -0.05) is 31.3 Å².